The van der Waals surface area contributed by atoms with Crippen LogP contribution in [-0.4, -0.2) is 79.1 Å². The zero-order valence-corrected chi connectivity index (χ0v) is 23.1. The molecule has 1 aromatic carbocycles. The molecule has 0 aliphatic rings. The number of hydrogen-bond donors (Lipinski definition) is 3. The Kier molecular flexibility index (Phi) is 12.8. The van der Waals surface area contributed by atoms with E-state index in [9.17, 15) is 5.11 Å². The van der Waals surface area contributed by atoms with Crippen LogP contribution < -0.4 is 0 Å². The molecule has 3 rings (SSSR count). The average molecular weight is 510 g/mol. The monoisotopic (exact) mass is 509 g/mol. The summed E-state index contributed by atoms with van der Waals surface area (Å²) in [5, 5.41) is 9.61. The Morgan fingerprint density at radius 1 is 0.757 bits per heavy atom. The van der Waals surface area contributed by atoms with Gasteiger partial charge in [-0.3, -0.25) is 9.80 Å². The van der Waals surface area contributed by atoms with Crippen molar-refractivity contribution in [2.24, 2.45) is 0 Å². The Bertz CT molecular complexity index is 937. The van der Waals surface area contributed by atoms with E-state index in [0.29, 0.717) is 6.54 Å². The summed E-state index contributed by atoms with van der Waals surface area (Å²) in [7, 11) is 0. The van der Waals surface area contributed by atoms with Gasteiger partial charge in [0.1, 0.15) is 11.6 Å². The van der Waals surface area contributed by atoms with Crippen LogP contribution in [0.3, 0.4) is 0 Å². The van der Waals surface area contributed by atoms with Crippen LogP contribution in [0.2, 0.25) is 0 Å². The van der Waals surface area contributed by atoms with Gasteiger partial charge in [-0.2, -0.15) is 0 Å². The molecular weight excluding hydrogens is 462 g/mol. The van der Waals surface area contributed by atoms with E-state index in [2.05, 4.69) is 79.7 Å². The first-order valence-electron chi connectivity index (χ1n) is 14.0. The number of aliphatic hydroxyl groups excluding tert-OH is 1. The molecule has 1 atom stereocenters. The molecule has 0 radical (unpaired) electrons. The van der Waals surface area contributed by atoms with Crippen LogP contribution in [-0.2, 0) is 19.6 Å². The lowest BCUT2D eigenvalue weighted by Crippen LogP contribution is -2.30. The van der Waals surface area contributed by atoms with Crippen molar-refractivity contribution in [2.75, 3.05) is 39.3 Å². The Hall–Kier alpha value is -2.52. The maximum atomic E-state index is 9.61. The summed E-state index contributed by atoms with van der Waals surface area (Å²) < 4.78 is 0. The largest absolute Gasteiger partial charge is 0.395 e. The number of benzene rings is 1. The molecule has 2 heterocycles. The van der Waals surface area contributed by atoms with Crippen LogP contribution in [0, 0.1) is 0 Å². The SMILES string of the molecule is CCCN(CCC)CCCCN(CCO)Cc1ccc(CN(Cc2ncc[nH]2)C(C)c2ncc[nH]2)cc1. The van der Waals surface area contributed by atoms with Crippen molar-refractivity contribution < 1.29 is 5.11 Å². The number of aliphatic hydroxyl groups is 1. The lowest BCUT2D eigenvalue weighted by atomic mass is 10.1. The average Bonchev–Trinajstić information content (AvgIpc) is 3.62. The lowest BCUT2D eigenvalue weighted by Gasteiger charge is -2.27. The fraction of sp³-hybridized carbons (Fsp3) is 0.586. The van der Waals surface area contributed by atoms with Gasteiger partial charge in [0.2, 0.25) is 0 Å². The summed E-state index contributed by atoms with van der Waals surface area (Å²) in [5.41, 5.74) is 2.54. The highest BCUT2D eigenvalue weighted by Gasteiger charge is 2.19. The van der Waals surface area contributed by atoms with Gasteiger partial charge in [-0.1, -0.05) is 38.1 Å². The first kappa shape index (κ1) is 29.0. The van der Waals surface area contributed by atoms with Crippen LogP contribution in [0.1, 0.15) is 75.3 Å². The number of unbranched alkanes of at least 4 members (excludes halogenated alkanes) is 1. The van der Waals surface area contributed by atoms with E-state index >= 15 is 0 Å². The topological polar surface area (TPSA) is 87.3 Å². The van der Waals surface area contributed by atoms with Crippen molar-refractivity contribution >= 4 is 0 Å². The number of aromatic nitrogens is 4. The summed E-state index contributed by atoms with van der Waals surface area (Å²) in [6.45, 7) is 14.6. The van der Waals surface area contributed by atoms with Gasteiger partial charge >= 0.3 is 0 Å². The van der Waals surface area contributed by atoms with E-state index < -0.39 is 0 Å². The van der Waals surface area contributed by atoms with E-state index in [4.69, 9.17) is 0 Å². The lowest BCUT2D eigenvalue weighted by molar-refractivity contribution is 0.180. The predicted octanol–water partition coefficient (Wildman–Crippen LogP) is 4.59. The van der Waals surface area contributed by atoms with Gasteiger partial charge in [0.25, 0.3) is 0 Å². The number of nitrogens with one attached hydrogen (secondary N) is 2. The van der Waals surface area contributed by atoms with E-state index in [1.54, 1.807) is 12.4 Å². The molecule has 8 nitrogen and oxygen atoms in total. The minimum absolute atomic E-state index is 0.130. The number of aromatic amines is 2. The van der Waals surface area contributed by atoms with E-state index in [-0.39, 0.29) is 12.6 Å². The minimum Gasteiger partial charge on any atom is -0.395 e. The van der Waals surface area contributed by atoms with Crippen molar-refractivity contribution in [1.29, 1.82) is 0 Å². The van der Waals surface area contributed by atoms with Crippen LogP contribution >= 0.6 is 0 Å². The second-order valence-electron chi connectivity index (χ2n) is 9.96. The van der Waals surface area contributed by atoms with Crippen molar-refractivity contribution in [3.63, 3.8) is 0 Å². The van der Waals surface area contributed by atoms with Gasteiger partial charge in [-0.15, -0.1) is 0 Å². The minimum atomic E-state index is 0.130. The smallest absolute Gasteiger partial charge is 0.123 e. The van der Waals surface area contributed by atoms with E-state index in [1.807, 2.05) is 12.4 Å². The second kappa shape index (κ2) is 16.3. The molecule has 0 aliphatic heterocycles. The highest BCUT2D eigenvalue weighted by atomic mass is 16.3. The highest BCUT2D eigenvalue weighted by molar-refractivity contribution is 5.23. The molecule has 8 heteroatoms. The van der Waals surface area contributed by atoms with Gasteiger partial charge in [-0.25, -0.2) is 9.97 Å². The van der Waals surface area contributed by atoms with Crippen molar-refractivity contribution in [1.82, 2.24) is 34.6 Å². The molecule has 0 saturated heterocycles. The normalized spacial score (nSPS) is 12.7. The first-order valence-corrected chi connectivity index (χ1v) is 14.0. The summed E-state index contributed by atoms with van der Waals surface area (Å²) in [5.74, 6) is 1.90. The second-order valence-corrected chi connectivity index (χ2v) is 9.96. The molecule has 204 valence electrons. The molecule has 1 unspecified atom stereocenters. The molecule has 0 amide bonds. The third-order valence-corrected chi connectivity index (χ3v) is 6.88. The molecule has 0 aliphatic carbocycles. The fourth-order valence-electron chi connectivity index (χ4n) is 4.88. The Morgan fingerprint density at radius 3 is 1.95 bits per heavy atom. The predicted molar refractivity (Wildman–Crippen MR) is 150 cm³/mol. The van der Waals surface area contributed by atoms with Gasteiger partial charge < -0.3 is 20.0 Å². The molecule has 2 aromatic heterocycles. The molecule has 0 fully saturated rings. The molecule has 0 saturated carbocycles. The molecule has 3 N–H and O–H groups in total. The van der Waals surface area contributed by atoms with Crippen molar-refractivity contribution in [3.8, 4) is 0 Å². The maximum absolute atomic E-state index is 9.61. The summed E-state index contributed by atoms with van der Waals surface area (Å²) in [4.78, 5) is 22.7. The van der Waals surface area contributed by atoms with Gasteiger partial charge in [0.15, 0.2) is 0 Å². The Morgan fingerprint density at radius 2 is 1.38 bits per heavy atom. The number of hydrogen-bond acceptors (Lipinski definition) is 6. The van der Waals surface area contributed by atoms with Crippen LogP contribution in [0.5, 0.6) is 0 Å². The standard InChI is InChI=1S/C29H47N7O/c1-4-16-34(17-5-2)18-6-7-19-35(20-21-37)22-26-8-10-27(11-9-26)23-36(24-28-30-12-13-31-28)25(3)29-32-14-15-33-29/h8-15,25,37H,4-7,16-24H2,1-3H3,(H,30,31)(H,32,33). The van der Waals surface area contributed by atoms with Crippen molar-refractivity contribution in [3.05, 3.63) is 71.8 Å². The fourth-order valence-corrected chi connectivity index (χ4v) is 4.88. The summed E-state index contributed by atoms with van der Waals surface area (Å²) in [6.07, 6.45) is 12.1. The Balaban J connectivity index is 1.54. The third-order valence-electron chi connectivity index (χ3n) is 6.88. The van der Waals surface area contributed by atoms with Gasteiger partial charge in [0, 0.05) is 44.4 Å². The molecule has 0 bridgehead atoms. The van der Waals surface area contributed by atoms with Crippen LogP contribution in [0.4, 0.5) is 0 Å². The van der Waals surface area contributed by atoms with Gasteiger partial charge in [0.05, 0.1) is 19.2 Å². The molecule has 0 spiro atoms. The highest BCUT2D eigenvalue weighted by Crippen LogP contribution is 2.22. The quantitative estimate of drug-likeness (QED) is 0.205. The van der Waals surface area contributed by atoms with Crippen LogP contribution in [0.25, 0.3) is 0 Å². The zero-order chi connectivity index (χ0) is 26.3. The van der Waals surface area contributed by atoms with Crippen LogP contribution in [0.15, 0.2) is 49.1 Å². The van der Waals surface area contributed by atoms with E-state index in [1.165, 1.54) is 50.0 Å². The number of imidazole rings is 2. The number of nitrogens with zero attached hydrogens (tertiary/aromatic N) is 5. The summed E-state index contributed by atoms with van der Waals surface area (Å²) >= 11 is 0. The third kappa shape index (κ3) is 10.0. The molecule has 37 heavy (non-hydrogen) atoms. The molecular formula is C29H47N7O. The zero-order valence-electron chi connectivity index (χ0n) is 23.1. The Labute approximate surface area is 223 Å². The maximum Gasteiger partial charge on any atom is 0.123 e. The number of H-pyrrole nitrogens is 2. The van der Waals surface area contributed by atoms with Gasteiger partial charge in [-0.05, 0) is 69.9 Å². The first-order chi connectivity index (χ1) is 18.1. The van der Waals surface area contributed by atoms with E-state index in [0.717, 1.165) is 44.2 Å². The van der Waals surface area contributed by atoms with Crippen molar-refractivity contribution in [2.45, 2.75) is 72.1 Å². The number of rotatable bonds is 19. The summed E-state index contributed by atoms with van der Waals surface area (Å²) in [6, 6.07) is 9.04. The molecule has 3 aromatic rings.